The second-order valence-corrected chi connectivity index (χ2v) is 6.08. The lowest BCUT2D eigenvalue weighted by Crippen LogP contribution is -2.12. The van der Waals surface area contributed by atoms with Gasteiger partial charge in [0.05, 0.1) is 5.69 Å². The first-order valence-corrected chi connectivity index (χ1v) is 8.24. The summed E-state index contributed by atoms with van der Waals surface area (Å²) in [5.74, 6) is 0.207. The molecule has 1 N–H and O–H groups in total. The molecule has 0 saturated carbocycles. The average molecular weight is 311 g/mol. The summed E-state index contributed by atoms with van der Waals surface area (Å²) in [6.07, 6.45) is 2.74. The molecule has 2 aromatic rings. The van der Waals surface area contributed by atoms with Crippen LogP contribution in [-0.2, 0) is 6.42 Å². The normalized spacial score (nSPS) is 11.0. The van der Waals surface area contributed by atoms with E-state index in [1.165, 1.54) is 11.3 Å². The molecule has 0 fully saturated rings. The predicted molar refractivity (Wildman–Crippen MR) is 80.5 cm³/mol. The molecule has 0 spiro atoms. The third-order valence-corrected chi connectivity index (χ3v) is 4.86. The van der Waals surface area contributed by atoms with Crippen LogP contribution in [0.4, 0.5) is 5.13 Å². The average Bonchev–Trinajstić information content (AvgIpc) is 3.09. The molecule has 108 valence electrons. The molecule has 0 aliphatic heterocycles. The number of carbonyl (C=O) groups excluding carboxylic acids is 1. The van der Waals surface area contributed by atoms with E-state index in [-0.39, 0.29) is 5.91 Å². The Labute approximate surface area is 125 Å². The number of nitrogens with zero attached hydrogens (tertiary/aromatic N) is 4. The third kappa shape index (κ3) is 3.18. The standard InChI is InChI=1S/C12H17N5OS2/c1-4-7(5-2)11-15-16-12(19-11)13-10(18)9-8(6-3)14-17-20-9/h7H,4-6H2,1-3H3,(H,13,16,18). The minimum Gasteiger partial charge on any atom is -0.296 e. The quantitative estimate of drug-likeness (QED) is 0.886. The molecule has 0 radical (unpaired) electrons. The molecule has 2 rings (SSSR count). The van der Waals surface area contributed by atoms with Crippen LogP contribution in [0.5, 0.6) is 0 Å². The first-order valence-electron chi connectivity index (χ1n) is 6.65. The molecule has 8 heteroatoms. The lowest BCUT2D eigenvalue weighted by Gasteiger charge is -2.05. The summed E-state index contributed by atoms with van der Waals surface area (Å²) in [4.78, 5) is 12.7. The van der Waals surface area contributed by atoms with Crippen LogP contribution >= 0.6 is 22.9 Å². The summed E-state index contributed by atoms with van der Waals surface area (Å²) in [6.45, 7) is 6.21. The van der Waals surface area contributed by atoms with E-state index >= 15 is 0 Å². The molecule has 6 nitrogen and oxygen atoms in total. The largest absolute Gasteiger partial charge is 0.296 e. The second-order valence-electron chi connectivity index (χ2n) is 4.32. The van der Waals surface area contributed by atoms with Gasteiger partial charge in [0.25, 0.3) is 5.91 Å². The van der Waals surface area contributed by atoms with Crippen LogP contribution in [0.1, 0.15) is 59.9 Å². The van der Waals surface area contributed by atoms with Crippen molar-refractivity contribution in [2.24, 2.45) is 0 Å². The van der Waals surface area contributed by atoms with E-state index in [4.69, 9.17) is 0 Å². The molecule has 1 amide bonds. The van der Waals surface area contributed by atoms with Crippen molar-refractivity contribution < 1.29 is 4.79 Å². The molecule has 20 heavy (non-hydrogen) atoms. The molecule has 0 saturated heterocycles. The monoisotopic (exact) mass is 311 g/mol. The Morgan fingerprint density at radius 1 is 1.20 bits per heavy atom. The van der Waals surface area contributed by atoms with Crippen LogP contribution in [0.15, 0.2) is 0 Å². The van der Waals surface area contributed by atoms with E-state index < -0.39 is 0 Å². The van der Waals surface area contributed by atoms with Crippen LogP contribution in [0.3, 0.4) is 0 Å². The van der Waals surface area contributed by atoms with Crippen molar-refractivity contribution in [2.45, 2.75) is 46.0 Å². The highest BCUT2D eigenvalue weighted by Gasteiger charge is 2.18. The highest BCUT2D eigenvalue weighted by Crippen LogP contribution is 2.28. The summed E-state index contributed by atoms with van der Waals surface area (Å²) in [7, 11) is 0. The number of anilines is 1. The Balaban J connectivity index is 2.09. The zero-order valence-corrected chi connectivity index (χ0v) is 13.3. The van der Waals surface area contributed by atoms with Crippen LogP contribution in [0.25, 0.3) is 0 Å². The van der Waals surface area contributed by atoms with Crippen molar-refractivity contribution in [1.82, 2.24) is 19.8 Å². The maximum atomic E-state index is 12.1. The van der Waals surface area contributed by atoms with E-state index in [2.05, 4.69) is 38.9 Å². The van der Waals surface area contributed by atoms with Gasteiger partial charge in [-0.3, -0.25) is 10.1 Å². The maximum Gasteiger partial charge on any atom is 0.271 e. The highest BCUT2D eigenvalue weighted by atomic mass is 32.1. The van der Waals surface area contributed by atoms with Gasteiger partial charge in [0.2, 0.25) is 5.13 Å². The number of aromatic nitrogens is 4. The number of rotatable bonds is 6. The van der Waals surface area contributed by atoms with Crippen LogP contribution in [-0.4, -0.2) is 25.7 Å². The SMILES string of the molecule is CCc1nnsc1C(=O)Nc1nnc(C(CC)CC)s1. The molecule has 2 heterocycles. The number of aryl methyl sites for hydroxylation is 1. The molecule has 2 aromatic heterocycles. The molecule has 0 atom stereocenters. The molecule has 0 unspecified atom stereocenters. The van der Waals surface area contributed by atoms with Gasteiger partial charge in [-0.25, -0.2) is 0 Å². The molecular weight excluding hydrogens is 294 g/mol. The lowest BCUT2D eigenvalue weighted by molar-refractivity contribution is 0.102. The van der Waals surface area contributed by atoms with Crippen LogP contribution < -0.4 is 5.32 Å². The Morgan fingerprint density at radius 3 is 2.60 bits per heavy atom. The highest BCUT2D eigenvalue weighted by molar-refractivity contribution is 7.15. The van der Waals surface area contributed by atoms with Crippen LogP contribution in [0.2, 0.25) is 0 Å². The Hall–Kier alpha value is -1.41. The van der Waals surface area contributed by atoms with E-state index in [0.29, 0.717) is 22.3 Å². The van der Waals surface area contributed by atoms with Crippen molar-refractivity contribution in [1.29, 1.82) is 0 Å². The van der Waals surface area contributed by atoms with E-state index in [9.17, 15) is 4.79 Å². The summed E-state index contributed by atoms with van der Waals surface area (Å²) < 4.78 is 3.81. The Kier molecular flexibility index (Phi) is 5.13. The Bertz CT molecular complexity index is 576. The molecule has 0 bridgehead atoms. The van der Waals surface area contributed by atoms with Crippen molar-refractivity contribution in [3.63, 3.8) is 0 Å². The van der Waals surface area contributed by atoms with Crippen molar-refractivity contribution in [3.8, 4) is 0 Å². The van der Waals surface area contributed by atoms with Gasteiger partial charge in [0.1, 0.15) is 9.88 Å². The summed E-state index contributed by atoms with van der Waals surface area (Å²) in [5, 5.41) is 16.4. The van der Waals surface area contributed by atoms with E-state index in [1.807, 2.05) is 6.92 Å². The molecule has 0 aromatic carbocycles. The zero-order chi connectivity index (χ0) is 14.5. The summed E-state index contributed by atoms with van der Waals surface area (Å²) in [6, 6.07) is 0. The Morgan fingerprint density at radius 2 is 1.95 bits per heavy atom. The summed E-state index contributed by atoms with van der Waals surface area (Å²) in [5.41, 5.74) is 0.720. The molecular formula is C12H17N5OS2. The number of carbonyl (C=O) groups is 1. The van der Waals surface area contributed by atoms with Crippen molar-refractivity contribution in [2.75, 3.05) is 5.32 Å². The van der Waals surface area contributed by atoms with E-state index in [0.717, 1.165) is 35.1 Å². The second kappa shape index (κ2) is 6.85. The number of hydrogen-bond acceptors (Lipinski definition) is 7. The fourth-order valence-corrected chi connectivity index (χ4v) is 3.50. The number of nitrogens with one attached hydrogen (secondary N) is 1. The van der Waals surface area contributed by atoms with Gasteiger partial charge in [0, 0.05) is 5.92 Å². The topological polar surface area (TPSA) is 80.7 Å². The predicted octanol–water partition coefficient (Wildman–Crippen LogP) is 3.11. The number of hydrogen-bond donors (Lipinski definition) is 1. The van der Waals surface area contributed by atoms with Gasteiger partial charge in [0.15, 0.2) is 0 Å². The first-order chi connectivity index (χ1) is 9.69. The van der Waals surface area contributed by atoms with Crippen molar-refractivity contribution in [3.05, 3.63) is 15.6 Å². The lowest BCUT2D eigenvalue weighted by atomic mass is 10.1. The smallest absolute Gasteiger partial charge is 0.271 e. The van der Waals surface area contributed by atoms with E-state index in [1.54, 1.807) is 0 Å². The fraction of sp³-hybridized carbons (Fsp3) is 0.583. The zero-order valence-electron chi connectivity index (χ0n) is 11.7. The molecule has 0 aliphatic rings. The van der Waals surface area contributed by atoms with Gasteiger partial charge in [-0.2, -0.15) is 0 Å². The first kappa shape index (κ1) is 15.0. The van der Waals surface area contributed by atoms with Gasteiger partial charge in [-0.05, 0) is 30.8 Å². The van der Waals surface area contributed by atoms with Crippen molar-refractivity contribution >= 4 is 33.9 Å². The summed E-state index contributed by atoms with van der Waals surface area (Å²) >= 11 is 2.55. The van der Waals surface area contributed by atoms with Gasteiger partial charge < -0.3 is 0 Å². The minimum atomic E-state index is -0.205. The minimum absolute atomic E-state index is 0.205. The maximum absolute atomic E-state index is 12.1. The number of amides is 1. The third-order valence-electron chi connectivity index (χ3n) is 3.09. The van der Waals surface area contributed by atoms with Gasteiger partial charge >= 0.3 is 0 Å². The van der Waals surface area contributed by atoms with Gasteiger partial charge in [-0.15, -0.1) is 15.3 Å². The molecule has 0 aliphatic carbocycles. The van der Waals surface area contributed by atoms with Gasteiger partial charge in [-0.1, -0.05) is 36.6 Å². The van der Waals surface area contributed by atoms with Crippen LogP contribution in [0, 0.1) is 0 Å². The fourth-order valence-electron chi connectivity index (χ4n) is 1.85.